The average molecular weight is 237 g/mol. The van der Waals surface area contributed by atoms with E-state index in [0.29, 0.717) is 0 Å². The third kappa shape index (κ3) is 4.21. The highest BCUT2D eigenvalue weighted by molar-refractivity contribution is 5.78. The molecule has 0 spiro atoms. The number of hydrogen-bond donors (Lipinski definition) is 1. The number of carbonyl (C=O) groups is 1. The van der Waals surface area contributed by atoms with Crippen molar-refractivity contribution in [2.75, 3.05) is 6.54 Å². The van der Waals surface area contributed by atoms with Gasteiger partial charge in [-0.05, 0) is 32.8 Å². The molecule has 96 valence electrons. The molecule has 17 heavy (non-hydrogen) atoms. The van der Waals surface area contributed by atoms with Gasteiger partial charge in [-0.2, -0.15) is 5.10 Å². The van der Waals surface area contributed by atoms with E-state index < -0.39 is 0 Å². The normalized spacial score (nSPS) is 12.5. The summed E-state index contributed by atoms with van der Waals surface area (Å²) in [6, 6.07) is 2.07. The fraction of sp³-hybridized carbons (Fsp3) is 0.692. The summed E-state index contributed by atoms with van der Waals surface area (Å²) >= 11 is 0. The van der Waals surface area contributed by atoms with E-state index in [-0.39, 0.29) is 11.8 Å². The standard InChI is InChI=1S/C13H23N3O/c1-5-10(2)13(17)14-7-6-8-16-12(4)9-11(3)15-16/h9-10H,5-8H2,1-4H3,(H,14,17). The van der Waals surface area contributed by atoms with Crippen molar-refractivity contribution in [2.24, 2.45) is 5.92 Å². The predicted molar refractivity (Wildman–Crippen MR) is 68.8 cm³/mol. The second-order valence-corrected chi connectivity index (χ2v) is 4.60. The van der Waals surface area contributed by atoms with E-state index in [1.165, 1.54) is 5.69 Å². The minimum Gasteiger partial charge on any atom is -0.356 e. The van der Waals surface area contributed by atoms with Crippen LogP contribution in [0, 0.1) is 19.8 Å². The van der Waals surface area contributed by atoms with Crippen LogP contribution in [0.25, 0.3) is 0 Å². The molecule has 0 aliphatic rings. The van der Waals surface area contributed by atoms with Crippen LogP contribution in [-0.2, 0) is 11.3 Å². The van der Waals surface area contributed by atoms with Crippen molar-refractivity contribution in [3.05, 3.63) is 17.5 Å². The Morgan fingerprint density at radius 2 is 2.24 bits per heavy atom. The molecule has 4 nitrogen and oxygen atoms in total. The van der Waals surface area contributed by atoms with E-state index >= 15 is 0 Å². The average Bonchev–Trinajstić information content (AvgIpc) is 2.62. The predicted octanol–water partition coefficient (Wildman–Crippen LogP) is 2.05. The van der Waals surface area contributed by atoms with Crippen LogP contribution in [0.4, 0.5) is 0 Å². The highest BCUT2D eigenvalue weighted by atomic mass is 16.1. The van der Waals surface area contributed by atoms with Gasteiger partial charge in [0.2, 0.25) is 5.91 Å². The van der Waals surface area contributed by atoms with Gasteiger partial charge in [-0.3, -0.25) is 9.48 Å². The van der Waals surface area contributed by atoms with Crippen LogP contribution < -0.4 is 5.32 Å². The van der Waals surface area contributed by atoms with Crippen LogP contribution in [0.3, 0.4) is 0 Å². The van der Waals surface area contributed by atoms with Crippen molar-refractivity contribution < 1.29 is 4.79 Å². The zero-order valence-corrected chi connectivity index (χ0v) is 11.3. The summed E-state index contributed by atoms with van der Waals surface area (Å²) in [5, 5.41) is 7.33. The Hall–Kier alpha value is -1.32. The van der Waals surface area contributed by atoms with Crippen molar-refractivity contribution in [2.45, 2.75) is 47.1 Å². The number of nitrogens with zero attached hydrogens (tertiary/aromatic N) is 2. The van der Waals surface area contributed by atoms with Crippen LogP contribution in [0.5, 0.6) is 0 Å². The quantitative estimate of drug-likeness (QED) is 0.770. The lowest BCUT2D eigenvalue weighted by molar-refractivity contribution is -0.124. The molecule has 0 aliphatic carbocycles. The minimum atomic E-state index is 0.115. The first-order valence-electron chi connectivity index (χ1n) is 6.33. The SMILES string of the molecule is CCC(C)C(=O)NCCCn1nc(C)cc1C. The summed E-state index contributed by atoms with van der Waals surface area (Å²) < 4.78 is 1.99. The molecule has 0 saturated carbocycles. The highest BCUT2D eigenvalue weighted by Gasteiger charge is 2.08. The van der Waals surface area contributed by atoms with Gasteiger partial charge in [0.1, 0.15) is 0 Å². The van der Waals surface area contributed by atoms with Gasteiger partial charge in [-0.1, -0.05) is 13.8 Å². The molecule has 0 fully saturated rings. The molecular weight excluding hydrogens is 214 g/mol. The molecule has 1 rings (SSSR count). The summed E-state index contributed by atoms with van der Waals surface area (Å²) in [6.07, 6.45) is 1.81. The fourth-order valence-electron chi connectivity index (χ4n) is 1.70. The molecule has 0 aromatic carbocycles. The molecular formula is C13H23N3O. The number of carbonyl (C=O) groups excluding carboxylic acids is 1. The molecule has 0 saturated heterocycles. The van der Waals surface area contributed by atoms with Crippen LogP contribution in [0.1, 0.15) is 38.1 Å². The second-order valence-electron chi connectivity index (χ2n) is 4.60. The first-order chi connectivity index (χ1) is 8.04. The molecule has 1 N–H and O–H groups in total. The summed E-state index contributed by atoms with van der Waals surface area (Å²) in [7, 11) is 0. The number of rotatable bonds is 6. The Labute approximate surface area is 103 Å². The number of aryl methyl sites for hydroxylation is 3. The molecule has 1 unspecified atom stereocenters. The molecule has 1 aromatic rings. The Balaban J connectivity index is 2.25. The number of amides is 1. The van der Waals surface area contributed by atoms with Crippen molar-refractivity contribution in [1.29, 1.82) is 0 Å². The zero-order chi connectivity index (χ0) is 12.8. The van der Waals surface area contributed by atoms with Gasteiger partial charge in [0.05, 0.1) is 5.69 Å². The van der Waals surface area contributed by atoms with Crippen LogP contribution >= 0.6 is 0 Å². The van der Waals surface area contributed by atoms with Gasteiger partial charge in [0.15, 0.2) is 0 Å². The summed E-state index contributed by atoms with van der Waals surface area (Å²) in [5.41, 5.74) is 2.22. The van der Waals surface area contributed by atoms with Gasteiger partial charge in [-0.25, -0.2) is 0 Å². The van der Waals surface area contributed by atoms with Gasteiger partial charge < -0.3 is 5.32 Å². The number of aromatic nitrogens is 2. The van der Waals surface area contributed by atoms with Gasteiger partial charge in [0.25, 0.3) is 0 Å². The highest BCUT2D eigenvalue weighted by Crippen LogP contribution is 2.03. The summed E-state index contributed by atoms with van der Waals surface area (Å²) in [4.78, 5) is 11.5. The monoisotopic (exact) mass is 237 g/mol. The molecule has 0 bridgehead atoms. The Morgan fingerprint density at radius 1 is 1.53 bits per heavy atom. The first kappa shape index (κ1) is 13.7. The maximum Gasteiger partial charge on any atom is 0.222 e. The van der Waals surface area contributed by atoms with Crippen molar-refractivity contribution in [3.63, 3.8) is 0 Å². The van der Waals surface area contributed by atoms with Crippen LogP contribution in [0.15, 0.2) is 6.07 Å². The zero-order valence-electron chi connectivity index (χ0n) is 11.3. The van der Waals surface area contributed by atoms with Crippen molar-refractivity contribution >= 4 is 5.91 Å². The van der Waals surface area contributed by atoms with E-state index in [0.717, 1.165) is 31.6 Å². The molecule has 1 heterocycles. The van der Waals surface area contributed by atoms with Gasteiger partial charge in [0, 0.05) is 24.7 Å². The largest absolute Gasteiger partial charge is 0.356 e. The van der Waals surface area contributed by atoms with Crippen LogP contribution in [-0.4, -0.2) is 22.2 Å². The maximum atomic E-state index is 11.5. The fourth-order valence-corrected chi connectivity index (χ4v) is 1.70. The van der Waals surface area contributed by atoms with Crippen molar-refractivity contribution in [3.8, 4) is 0 Å². The molecule has 0 radical (unpaired) electrons. The Morgan fingerprint density at radius 3 is 2.76 bits per heavy atom. The second kappa shape index (κ2) is 6.42. The lowest BCUT2D eigenvalue weighted by Crippen LogP contribution is -2.30. The van der Waals surface area contributed by atoms with Crippen molar-refractivity contribution in [1.82, 2.24) is 15.1 Å². The Kier molecular flexibility index (Phi) is 5.19. The minimum absolute atomic E-state index is 0.115. The summed E-state index contributed by atoms with van der Waals surface area (Å²) in [6.45, 7) is 9.62. The number of hydrogen-bond acceptors (Lipinski definition) is 2. The van der Waals surface area contributed by atoms with Gasteiger partial charge in [-0.15, -0.1) is 0 Å². The lowest BCUT2D eigenvalue weighted by Gasteiger charge is -2.10. The molecule has 0 aliphatic heterocycles. The third-order valence-electron chi connectivity index (χ3n) is 3.01. The molecule has 1 atom stereocenters. The Bertz CT molecular complexity index is 371. The lowest BCUT2D eigenvalue weighted by atomic mass is 10.1. The summed E-state index contributed by atoms with van der Waals surface area (Å²) in [5.74, 6) is 0.268. The van der Waals surface area contributed by atoms with Crippen LogP contribution in [0.2, 0.25) is 0 Å². The van der Waals surface area contributed by atoms with E-state index in [4.69, 9.17) is 0 Å². The third-order valence-corrected chi connectivity index (χ3v) is 3.01. The van der Waals surface area contributed by atoms with E-state index in [9.17, 15) is 4.79 Å². The number of nitrogens with one attached hydrogen (secondary N) is 1. The molecule has 4 heteroatoms. The maximum absolute atomic E-state index is 11.5. The van der Waals surface area contributed by atoms with E-state index in [1.807, 2.05) is 25.5 Å². The smallest absolute Gasteiger partial charge is 0.222 e. The topological polar surface area (TPSA) is 46.9 Å². The van der Waals surface area contributed by atoms with E-state index in [1.54, 1.807) is 0 Å². The molecule has 1 amide bonds. The molecule has 1 aromatic heterocycles. The van der Waals surface area contributed by atoms with E-state index in [2.05, 4.69) is 23.4 Å². The van der Waals surface area contributed by atoms with Gasteiger partial charge >= 0.3 is 0 Å². The first-order valence-corrected chi connectivity index (χ1v) is 6.33.